The second-order valence-corrected chi connectivity index (χ2v) is 7.23. The van der Waals surface area contributed by atoms with Crippen LogP contribution in [0.1, 0.15) is 43.9 Å². The molecule has 0 saturated carbocycles. The van der Waals surface area contributed by atoms with Gasteiger partial charge in [-0.05, 0) is 36.4 Å². The molecule has 0 spiro atoms. The van der Waals surface area contributed by atoms with Gasteiger partial charge in [0.2, 0.25) is 0 Å². The number of hydrogen-bond acceptors (Lipinski definition) is 3. The molecule has 0 amide bonds. The first kappa shape index (κ1) is 15.0. The summed E-state index contributed by atoms with van der Waals surface area (Å²) >= 11 is 0. The topological polar surface area (TPSA) is 24.5 Å². The van der Waals surface area contributed by atoms with Crippen LogP contribution in [0.15, 0.2) is 24.3 Å². The Labute approximate surface area is 128 Å². The van der Waals surface area contributed by atoms with E-state index < -0.39 is 0 Å². The summed E-state index contributed by atoms with van der Waals surface area (Å²) in [7, 11) is 2.17. The number of hydrogen-bond donors (Lipinski definition) is 1. The second kappa shape index (κ2) is 6.07. The Hall–Kier alpha value is -0.900. The van der Waals surface area contributed by atoms with Crippen molar-refractivity contribution in [3.63, 3.8) is 0 Å². The van der Waals surface area contributed by atoms with E-state index in [1.807, 2.05) is 0 Å². The molecule has 21 heavy (non-hydrogen) atoms. The van der Waals surface area contributed by atoms with E-state index >= 15 is 0 Å². The molecular weight excluding hydrogens is 260 g/mol. The maximum Gasteiger partial charge on any atom is 0.0826 e. The van der Waals surface area contributed by atoms with Gasteiger partial charge in [0.15, 0.2) is 0 Å². The number of ether oxygens (including phenoxy) is 1. The first-order valence-electron chi connectivity index (χ1n) is 8.19. The largest absolute Gasteiger partial charge is 0.374 e. The van der Waals surface area contributed by atoms with Crippen LogP contribution in [-0.2, 0) is 10.2 Å². The highest BCUT2D eigenvalue weighted by molar-refractivity contribution is 5.38. The van der Waals surface area contributed by atoms with E-state index in [9.17, 15) is 0 Å². The van der Waals surface area contributed by atoms with Crippen LogP contribution in [0, 0.1) is 0 Å². The summed E-state index contributed by atoms with van der Waals surface area (Å²) in [6.07, 6.45) is 2.78. The fraction of sp³-hybridized carbons (Fsp3) is 0.667. The highest BCUT2D eigenvalue weighted by Gasteiger charge is 2.32. The number of rotatable bonds is 3. The number of morpholine rings is 1. The van der Waals surface area contributed by atoms with Crippen LogP contribution in [0.3, 0.4) is 0 Å². The van der Waals surface area contributed by atoms with Crippen LogP contribution in [-0.4, -0.2) is 44.3 Å². The second-order valence-electron chi connectivity index (χ2n) is 7.23. The Bertz CT molecular complexity index is 486. The lowest BCUT2D eigenvalue weighted by Gasteiger charge is -2.38. The summed E-state index contributed by atoms with van der Waals surface area (Å²) in [5.74, 6) is 0. The van der Waals surface area contributed by atoms with Crippen LogP contribution in [0.4, 0.5) is 0 Å². The molecule has 2 atom stereocenters. The predicted octanol–water partition coefficient (Wildman–Crippen LogP) is 2.72. The van der Waals surface area contributed by atoms with Crippen molar-refractivity contribution in [2.75, 3.05) is 33.3 Å². The van der Waals surface area contributed by atoms with E-state index in [0.717, 1.165) is 26.2 Å². The van der Waals surface area contributed by atoms with Crippen LogP contribution in [0.5, 0.6) is 0 Å². The molecular formula is C18H28N2O. The van der Waals surface area contributed by atoms with Crippen molar-refractivity contribution >= 4 is 0 Å². The number of nitrogens with one attached hydrogen (secondary N) is 1. The van der Waals surface area contributed by atoms with Crippen molar-refractivity contribution in [2.24, 2.45) is 0 Å². The monoisotopic (exact) mass is 288 g/mol. The van der Waals surface area contributed by atoms with Gasteiger partial charge in [-0.2, -0.15) is 0 Å². The number of likely N-dealkylation sites (N-methyl/N-ethyl adjacent to an activating group) is 1. The van der Waals surface area contributed by atoms with Gasteiger partial charge in [0.1, 0.15) is 0 Å². The third kappa shape index (κ3) is 3.31. The zero-order valence-corrected chi connectivity index (χ0v) is 13.6. The first-order valence-corrected chi connectivity index (χ1v) is 8.19. The third-order valence-electron chi connectivity index (χ3n) is 5.06. The zero-order valence-electron chi connectivity index (χ0n) is 13.6. The molecule has 0 aromatic heterocycles. The molecule has 1 aliphatic heterocycles. The van der Waals surface area contributed by atoms with Crippen molar-refractivity contribution in [3.05, 3.63) is 35.4 Å². The Morgan fingerprint density at radius 3 is 2.95 bits per heavy atom. The molecule has 1 saturated heterocycles. The minimum absolute atomic E-state index is 0.302. The molecule has 1 N–H and O–H groups in total. The molecule has 1 aromatic carbocycles. The molecule has 3 rings (SSSR count). The van der Waals surface area contributed by atoms with Gasteiger partial charge in [-0.3, -0.25) is 0 Å². The van der Waals surface area contributed by atoms with Crippen molar-refractivity contribution < 1.29 is 4.74 Å². The van der Waals surface area contributed by atoms with Gasteiger partial charge < -0.3 is 15.0 Å². The van der Waals surface area contributed by atoms with Gasteiger partial charge in [0.25, 0.3) is 0 Å². The fourth-order valence-electron chi connectivity index (χ4n) is 3.69. The fourth-order valence-corrected chi connectivity index (χ4v) is 3.69. The summed E-state index contributed by atoms with van der Waals surface area (Å²) in [5.41, 5.74) is 3.30. The minimum atomic E-state index is 0.302. The Morgan fingerprint density at radius 2 is 2.14 bits per heavy atom. The zero-order chi connectivity index (χ0) is 14.9. The van der Waals surface area contributed by atoms with Crippen LogP contribution in [0.2, 0.25) is 0 Å². The van der Waals surface area contributed by atoms with Crippen molar-refractivity contribution in [3.8, 4) is 0 Å². The average molecular weight is 288 g/mol. The lowest BCUT2D eigenvalue weighted by atomic mass is 9.71. The van der Waals surface area contributed by atoms with E-state index in [2.05, 4.69) is 55.4 Å². The molecule has 3 nitrogen and oxygen atoms in total. The molecule has 3 heteroatoms. The van der Waals surface area contributed by atoms with E-state index in [1.165, 1.54) is 24.0 Å². The van der Waals surface area contributed by atoms with Gasteiger partial charge in [-0.1, -0.05) is 38.1 Å². The molecule has 1 heterocycles. The molecule has 1 fully saturated rings. The van der Waals surface area contributed by atoms with Gasteiger partial charge in [0.05, 0.1) is 12.7 Å². The van der Waals surface area contributed by atoms with E-state index in [1.54, 1.807) is 0 Å². The van der Waals surface area contributed by atoms with Gasteiger partial charge >= 0.3 is 0 Å². The lowest BCUT2D eigenvalue weighted by molar-refractivity contribution is -0.0196. The molecule has 1 aromatic rings. The molecule has 0 bridgehead atoms. The molecule has 1 aliphatic carbocycles. The Morgan fingerprint density at radius 1 is 1.33 bits per heavy atom. The van der Waals surface area contributed by atoms with Crippen LogP contribution in [0.25, 0.3) is 0 Å². The SMILES string of the molecule is CN1CCOC(CNC2CCC(C)(C)c3ccccc32)C1. The lowest BCUT2D eigenvalue weighted by Crippen LogP contribution is -2.46. The summed E-state index contributed by atoms with van der Waals surface area (Å²) in [4.78, 5) is 2.35. The molecule has 116 valence electrons. The highest BCUT2D eigenvalue weighted by Crippen LogP contribution is 2.41. The van der Waals surface area contributed by atoms with Crippen LogP contribution >= 0.6 is 0 Å². The standard InChI is InChI=1S/C18H28N2O/c1-18(2)9-8-17(15-6-4-5-7-16(15)18)19-12-14-13-20(3)10-11-21-14/h4-7,14,17,19H,8-13H2,1-3H3. The predicted molar refractivity (Wildman–Crippen MR) is 86.7 cm³/mol. The molecule has 2 unspecified atom stereocenters. The Balaban J connectivity index is 1.67. The van der Waals surface area contributed by atoms with Gasteiger partial charge in [-0.25, -0.2) is 0 Å². The normalized spacial score (nSPS) is 29.1. The first-order chi connectivity index (χ1) is 10.1. The quantitative estimate of drug-likeness (QED) is 0.925. The molecule has 0 radical (unpaired) electrons. The highest BCUT2D eigenvalue weighted by atomic mass is 16.5. The number of nitrogens with zero attached hydrogens (tertiary/aromatic N) is 1. The van der Waals surface area contributed by atoms with Gasteiger partial charge in [-0.15, -0.1) is 0 Å². The minimum Gasteiger partial charge on any atom is -0.374 e. The number of benzene rings is 1. The van der Waals surface area contributed by atoms with Crippen molar-refractivity contribution in [1.82, 2.24) is 10.2 Å². The summed E-state index contributed by atoms with van der Waals surface area (Å²) < 4.78 is 5.86. The van der Waals surface area contributed by atoms with Crippen molar-refractivity contribution in [2.45, 2.75) is 44.2 Å². The summed E-state index contributed by atoms with van der Waals surface area (Å²) in [6.45, 7) is 8.62. The maximum atomic E-state index is 5.86. The number of fused-ring (bicyclic) bond motifs is 1. The van der Waals surface area contributed by atoms with Gasteiger partial charge in [0, 0.05) is 25.7 Å². The average Bonchev–Trinajstić information content (AvgIpc) is 2.47. The van der Waals surface area contributed by atoms with E-state index in [4.69, 9.17) is 4.74 Å². The van der Waals surface area contributed by atoms with Crippen molar-refractivity contribution in [1.29, 1.82) is 0 Å². The molecule has 2 aliphatic rings. The smallest absolute Gasteiger partial charge is 0.0826 e. The summed E-state index contributed by atoms with van der Waals surface area (Å²) in [5, 5.41) is 3.75. The maximum absolute atomic E-state index is 5.86. The van der Waals surface area contributed by atoms with E-state index in [0.29, 0.717) is 17.6 Å². The summed E-state index contributed by atoms with van der Waals surface area (Å²) in [6, 6.07) is 9.41. The van der Waals surface area contributed by atoms with E-state index in [-0.39, 0.29) is 0 Å². The Kier molecular flexibility index (Phi) is 4.34. The van der Waals surface area contributed by atoms with Crippen LogP contribution < -0.4 is 5.32 Å². The third-order valence-corrected chi connectivity index (χ3v) is 5.06.